The van der Waals surface area contributed by atoms with Crippen molar-refractivity contribution in [2.75, 3.05) is 6.54 Å². The Morgan fingerprint density at radius 1 is 1.32 bits per heavy atom. The maximum atomic E-state index is 5.88. The number of nitrogens with one attached hydrogen (secondary N) is 1. The molecule has 2 rings (SSSR count). The minimum Gasteiger partial charge on any atom is -0.486 e. The normalized spacial score (nSPS) is 10.6. The van der Waals surface area contributed by atoms with Crippen molar-refractivity contribution < 1.29 is 4.74 Å². The summed E-state index contributed by atoms with van der Waals surface area (Å²) in [7, 11) is 0. The molecule has 0 saturated heterocycles. The first-order valence-corrected chi connectivity index (χ1v) is 7.50. The van der Waals surface area contributed by atoms with Gasteiger partial charge in [0.2, 0.25) is 0 Å². The smallest absolute Gasteiger partial charge is 0.142 e. The minimum atomic E-state index is 0.614. The molecule has 0 atom stereocenters. The number of thiophene rings is 1. The molecule has 0 radical (unpaired) electrons. The van der Waals surface area contributed by atoms with Crippen LogP contribution in [-0.2, 0) is 13.2 Å². The lowest BCUT2D eigenvalue weighted by Crippen LogP contribution is -2.16. The van der Waals surface area contributed by atoms with E-state index < -0.39 is 0 Å². The molecular formula is C15H20N2OS. The molecule has 2 aromatic rings. The van der Waals surface area contributed by atoms with Crippen LogP contribution < -0.4 is 10.1 Å². The van der Waals surface area contributed by atoms with E-state index in [-0.39, 0.29) is 0 Å². The van der Waals surface area contributed by atoms with Gasteiger partial charge in [-0.05, 0) is 43.5 Å². The third-order valence-corrected chi connectivity index (χ3v) is 3.59. The fourth-order valence-corrected chi connectivity index (χ4v) is 2.40. The molecule has 0 unspecified atom stereocenters. The van der Waals surface area contributed by atoms with Crippen molar-refractivity contribution in [2.45, 2.75) is 33.4 Å². The fraction of sp³-hybridized carbons (Fsp3) is 0.400. The Balaban J connectivity index is 2.01. The summed E-state index contributed by atoms with van der Waals surface area (Å²) >= 11 is 1.71. The van der Waals surface area contributed by atoms with Gasteiger partial charge in [0.15, 0.2) is 0 Å². The number of aryl methyl sites for hydroxylation is 1. The van der Waals surface area contributed by atoms with Crippen molar-refractivity contribution in [3.8, 4) is 5.75 Å². The molecule has 4 heteroatoms. The summed E-state index contributed by atoms with van der Waals surface area (Å²) in [5, 5.41) is 5.44. The van der Waals surface area contributed by atoms with Crippen LogP contribution in [0.4, 0.5) is 0 Å². The molecule has 0 aliphatic carbocycles. The van der Waals surface area contributed by atoms with Gasteiger partial charge in [0.05, 0.1) is 5.69 Å². The van der Waals surface area contributed by atoms with Gasteiger partial charge in [0.1, 0.15) is 12.4 Å². The molecule has 0 aromatic carbocycles. The SMILES string of the molecule is CCCNCc1nc(C)ccc1OCc1cccs1. The molecule has 1 N–H and O–H groups in total. The first kappa shape index (κ1) is 14.0. The van der Waals surface area contributed by atoms with E-state index in [4.69, 9.17) is 4.74 Å². The molecule has 2 aromatic heterocycles. The first-order valence-electron chi connectivity index (χ1n) is 6.62. The summed E-state index contributed by atoms with van der Waals surface area (Å²) < 4.78 is 5.88. The molecule has 102 valence electrons. The van der Waals surface area contributed by atoms with Crippen LogP contribution in [0.1, 0.15) is 29.6 Å². The molecule has 0 fully saturated rings. The molecule has 0 aliphatic rings. The standard InChI is InChI=1S/C15H20N2OS/c1-3-8-16-10-14-15(7-6-12(2)17-14)18-11-13-5-4-9-19-13/h4-7,9,16H,3,8,10-11H2,1-2H3. The number of aromatic nitrogens is 1. The number of rotatable bonds is 7. The van der Waals surface area contributed by atoms with Gasteiger partial charge < -0.3 is 10.1 Å². The predicted molar refractivity (Wildman–Crippen MR) is 79.6 cm³/mol. The Morgan fingerprint density at radius 3 is 2.95 bits per heavy atom. The van der Waals surface area contributed by atoms with E-state index >= 15 is 0 Å². The van der Waals surface area contributed by atoms with Crippen LogP contribution in [-0.4, -0.2) is 11.5 Å². The van der Waals surface area contributed by atoms with Crippen molar-refractivity contribution in [1.82, 2.24) is 10.3 Å². The zero-order valence-electron chi connectivity index (χ0n) is 11.5. The average molecular weight is 276 g/mol. The second kappa shape index (κ2) is 7.26. The summed E-state index contributed by atoms with van der Waals surface area (Å²) in [4.78, 5) is 5.79. The molecule has 0 amide bonds. The van der Waals surface area contributed by atoms with Gasteiger partial charge >= 0.3 is 0 Å². The lowest BCUT2D eigenvalue weighted by atomic mass is 10.2. The molecule has 2 heterocycles. The van der Waals surface area contributed by atoms with E-state index in [0.717, 1.165) is 36.6 Å². The van der Waals surface area contributed by atoms with Crippen LogP contribution >= 0.6 is 11.3 Å². The fourth-order valence-electron chi connectivity index (χ4n) is 1.78. The van der Waals surface area contributed by atoms with Gasteiger partial charge in [-0.2, -0.15) is 0 Å². The molecule has 0 saturated carbocycles. The van der Waals surface area contributed by atoms with Crippen molar-refractivity contribution in [3.05, 3.63) is 45.9 Å². The summed E-state index contributed by atoms with van der Waals surface area (Å²) in [6, 6.07) is 8.13. The quantitative estimate of drug-likeness (QED) is 0.786. The van der Waals surface area contributed by atoms with Crippen molar-refractivity contribution in [3.63, 3.8) is 0 Å². The zero-order valence-corrected chi connectivity index (χ0v) is 12.3. The number of ether oxygens (including phenoxy) is 1. The molecule has 0 bridgehead atoms. The van der Waals surface area contributed by atoms with Gasteiger partial charge in [0.25, 0.3) is 0 Å². The predicted octanol–water partition coefficient (Wildman–Crippen LogP) is 3.53. The third-order valence-electron chi connectivity index (χ3n) is 2.74. The number of hydrogen-bond donors (Lipinski definition) is 1. The van der Waals surface area contributed by atoms with Crippen LogP contribution in [0.3, 0.4) is 0 Å². The Labute approximate surface area is 118 Å². The summed E-state index contributed by atoms with van der Waals surface area (Å²) in [5.74, 6) is 0.877. The van der Waals surface area contributed by atoms with Gasteiger partial charge in [0, 0.05) is 17.1 Å². The Hall–Kier alpha value is -1.39. The highest BCUT2D eigenvalue weighted by Crippen LogP contribution is 2.19. The summed E-state index contributed by atoms with van der Waals surface area (Å²) in [5.41, 5.74) is 2.02. The Morgan fingerprint density at radius 2 is 2.21 bits per heavy atom. The van der Waals surface area contributed by atoms with Gasteiger partial charge in [-0.1, -0.05) is 13.0 Å². The molecule has 3 nitrogen and oxygen atoms in total. The highest BCUT2D eigenvalue weighted by atomic mass is 32.1. The number of hydrogen-bond acceptors (Lipinski definition) is 4. The second-order valence-electron chi connectivity index (χ2n) is 4.44. The van der Waals surface area contributed by atoms with Crippen LogP contribution in [0, 0.1) is 6.92 Å². The number of pyridine rings is 1. The monoisotopic (exact) mass is 276 g/mol. The van der Waals surface area contributed by atoms with E-state index in [1.54, 1.807) is 11.3 Å². The zero-order chi connectivity index (χ0) is 13.5. The van der Waals surface area contributed by atoms with Crippen molar-refractivity contribution in [2.24, 2.45) is 0 Å². The van der Waals surface area contributed by atoms with Gasteiger partial charge in [-0.25, -0.2) is 0 Å². The van der Waals surface area contributed by atoms with E-state index in [1.807, 2.05) is 25.1 Å². The van der Waals surface area contributed by atoms with Crippen molar-refractivity contribution in [1.29, 1.82) is 0 Å². The highest BCUT2D eigenvalue weighted by molar-refractivity contribution is 7.09. The lowest BCUT2D eigenvalue weighted by Gasteiger charge is -2.11. The number of nitrogens with zero attached hydrogens (tertiary/aromatic N) is 1. The Kier molecular flexibility index (Phi) is 5.36. The maximum Gasteiger partial charge on any atom is 0.142 e. The second-order valence-corrected chi connectivity index (χ2v) is 5.47. The topological polar surface area (TPSA) is 34.2 Å². The van der Waals surface area contributed by atoms with E-state index in [9.17, 15) is 0 Å². The van der Waals surface area contributed by atoms with E-state index in [1.165, 1.54) is 4.88 Å². The van der Waals surface area contributed by atoms with Crippen LogP contribution in [0.25, 0.3) is 0 Å². The van der Waals surface area contributed by atoms with Gasteiger partial charge in [-0.3, -0.25) is 4.98 Å². The van der Waals surface area contributed by atoms with Gasteiger partial charge in [-0.15, -0.1) is 11.3 Å². The first-order chi connectivity index (χ1) is 9.29. The molecular weight excluding hydrogens is 256 g/mol. The highest BCUT2D eigenvalue weighted by Gasteiger charge is 2.06. The molecule has 0 aliphatic heterocycles. The Bertz CT molecular complexity index is 497. The van der Waals surface area contributed by atoms with Crippen molar-refractivity contribution >= 4 is 11.3 Å². The average Bonchev–Trinajstić information content (AvgIpc) is 2.91. The minimum absolute atomic E-state index is 0.614. The van der Waals surface area contributed by atoms with E-state index in [0.29, 0.717) is 6.61 Å². The lowest BCUT2D eigenvalue weighted by molar-refractivity contribution is 0.303. The third kappa shape index (κ3) is 4.33. The van der Waals surface area contributed by atoms with E-state index in [2.05, 4.69) is 28.7 Å². The summed E-state index contributed by atoms with van der Waals surface area (Å²) in [6.45, 7) is 6.54. The van der Waals surface area contributed by atoms with Crippen LogP contribution in [0.15, 0.2) is 29.6 Å². The van der Waals surface area contributed by atoms with Crippen LogP contribution in [0.5, 0.6) is 5.75 Å². The van der Waals surface area contributed by atoms with Crippen LogP contribution in [0.2, 0.25) is 0 Å². The largest absolute Gasteiger partial charge is 0.486 e. The molecule has 0 spiro atoms. The summed E-state index contributed by atoms with van der Waals surface area (Å²) in [6.07, 6.45) is 1.12. The maximum absolute atomic E-state index is 5.88. The molecule has 19 heavy (non-hydrogen) atoms.